The van der Waals surface area contributed by atoms with E-state index >= 15 is 0 Å². The molecule has 0 aliphatic carbocycles. The van der Waals surface area contributed by atoms with Crippen LogP contribution in [0.15, 0.2) is 72.3 Å². The van der Waals surface area contributed by atoms with Crippen molar-refractivity contribution >= 4 is 17.4 Å². The first-order valence-electron chi connectivity index (χ1n) is 12.1. The number of amides is 1. The molecule has 4 rings (SSSR count). The first kappa shape index (κ1) is 25.2. The highest BCUT2D eigenvalue weighted by molar-refractivity contribution is 6.46. The van der Waals surface area contributed by atoms with Crippen LogP contribution in [-0.4, -0.2) is 27.3 Å². The largest absolute Gasteiger partial charge is 0.507 e. The van der Waals surface area contributed by atoms with E-state index in [9.17, 15) is 14.7 Å². The van der Waals surface area contributed by atoms with Gasteiger partial charge >= 0.3 is 0 Å². The predicted molar refractivity (Wildman–Crippen MR) is 142 cm³/mol. The fourth-order valence-corrected chi connectivity index (χ4v) is 4.58. The Bertz CT molecular complexity index is 1350. The van der Waals surface area contributed by atoms with Crippen LogP contribution in [0.1, 0.15) is 60.2 Å². The Morgan fingerprint density at radius 1 is 0.917 bits per heavy atom. The van der Waals surface area contributed by atoms with Gasteiger partial charge in [0.1, 0.15) is 17.1 Å². The van der Waals surface area contributed by atoms with E-state index in [4.69, 9.17) is 4.74 Å². The summed E-state index contributed by atoms with van der Waals surface area (Å²) in [5, 5.41) is 11.4. The topological polar surface area (TPSA) is 66.8 Å². The van der Waals surface area contributed by atoms with E-state index in [-0.39, 0.29) is 23.5 Å². The van der Waals surface area contributed by atoms with Gasteiger partial charge in [-0.1, -0.05) is 59.7 Å². The fraction of sp³-hybridized carbons (Fsp3) is 0.290. The molecule has 1 saturated heterocycles. The third kappa shape index (κ3) is 5.20. The van der Waals surface area contributed by atoms with E-state index in [0.29, 0.717) is 5.56 Å². The molecule has 3 aromatic rings. The van der Waals surface area contributed by atoms with Gasteiger partial charge in [0.15, 0.2) is 0 Å². The van der Waals surface area contributed by atoms with E-state index in [1.165, 1.54) is 0 Å². The van der Waals surface area contributed by atoms with Crippen molar-refractivity contribution in [1.29, 1.82) is 0 Å². The minimum Gasteiger partial charge on any atom is -0.507 e. The molecule has 1 atom stereocenters. The van der Waals surface area contributed by atoms with Crippen LogP contribution < -0.4 is 4.74 Å². The zero-order valence-electron chi connectivity index (χ0n) is 21.8. The Hall–Kier alpha value is -3.86. The van der Waals surface area contributed by atoms with Crippen molar-refractivity contribution in [1.82, 2.24) is 4.90 Å². The van der Waals surface area contributed by atoms with Crippen LogP contribution in [0.3, 0.4) is 0 Å². The Labute approximate surface area is 213 Å². The third-order valence-electron chi connectivity index (χ3n) is 6.25. The first-order valence-corrected chi connectivity index (χ1v) is 12.1. The van der Waals surface area contributed by atoms with Crippen LogP contribution in [0, 0.1) is 20.8 Å². The number of likely N-dealkylation sites (tertiary alicyclic amines) is 1. The van der Waals surface area contributed by atoms with Crippen LogP contribution >= 0.6 is 0 Å². The number of aryl methyl sites for hydroxylation is 3. The quantitative estimate of drug-likeness (QED) is 0.259. The van der Waals surface area contributed by atoms with Crippen molar-refractivity contribution < 1.29 is 19.4 Å². The number of nitrogens with zero attached hydrogens (tertiary/aromatic N) is 1. The molecule has 0 aromatic heterocycles. The summed E-state index contributed by atoms with van der Waals surface area (Å²) in [6.45, 7) is 12.0. The summed E-state index contributed by atoms with van der Waals surface area (Å²) in [6.07, 6.45) is 0. The smallest absolute Gasteiger partial charge is 0.295 e. The molecule has 0 radical (unpaired) electrons. The summed E-state index contributed by atoms with van der Waals surface area (Å²) in [6, 6.07) is 20.3. The molecule has 0 saturated carbocycles. The van der Waals surface area contributed by atoms with Crippen LogP contribution in [0.5, 0.6) is 5.75 Å². The molecule has 1 fully saturated rings. The first-order chi connectivity index (χ1) is 16.9. The summed E-state index contributed by atoms with van der Waals surface area (Å²) in [4.78, 5) is 28.3. The van der Waals surface area contributed by atoms with Gasteiger partial charge < -0.3 is 14.7 Å². The lowest BCUT2D eigenvalue weighted by molar-refractivity contribution is -0.140. The van der Waals surface area contributed by atoms with E-state index in [1.54, 1.807) is 4.90 Å². The second kappa shape index (κ2) is 9.65. The number of benzene rings is 3. The molecule has 1 aliphatic rings. The fourth-order valence-electron chi connectivity index (χ4n) is 4.58. The molecule has 1 N–H and O–H groups in total. The van der Waals surface area contributed by atoms with Crippen molar-refractivity contribution in [3.63, 3.8) is 0 Å². The van der Waals surface area contributed by atoms with Crippen molar-refractivity contribution in [3.05, 3.63) is 106 Å². The second-order valence-electron chi connectivity index (χ2n) is 10.5. The number of rotatable bonds is 5. The predicted octanol–water partition coefficient (Wildman–Crippen LogP) is 6.41. The Morgan fingerprint density at radius 2 is 1.58 bits per heavy atom. The van der Waals surface area contributed by atoms with Gasteiger partial charge in [-0.25, -0.2) is 0 Å². The number of ketones is 1. The van der Waals surface area contributed by atoms with E-state index in [2.05, 4.69) is 0 Å². The highest BCUT2D eigenvalue weighted by Crippen LogP contribution is 2.41. The minimum atomic E-state index is -0.699. The van der Waals surface area contributed by atoms with Crippen LogP contribution in [0.4, 0.5) is 0 Å². The lowest BCUT2D eigenvalue weighted by Crippen LogP contribution is -2.29. The maximum Gasteiger partial charge on any atom is 0.295 e. The summed E-state index contributed by atoms with van der Waals surface area (Å²) < 4.78 is 5.91. The molecular formula is C31H33NO4. The van der Waals surface area contributed by atoms with Gasteiger partial charge in [0.25, 0.3) is 11.7 Å². The highest BCUT2D eigenvalue weighted by Gasteiger charge is 2.46. The molecule has 1 unspecified atom stereocenters. The third-order valence-corrected chi connectivity index (χ3v) is 6.25. The van der Waals surface area contributed by atoms with Crippen molar-refractivity contribution in [2.75, 3.05) is 0 Å². The maximum absolute atomic E-state index is 13.4. The zero-order chi connectivity index (χ0) is 26.2. The summed E-state index contributed by atoms with van der Waals surface area (Å²) in [5.41, 5.74) is 4.81. The van der Waals surface area contributed by atoms with Gasteiger partial charge in [-0.3, -0.25) is 9.59 Å². The van der Waals surface area contributed by atoms with Crippen molar-refractivity contribution in [2.45, 2.75) is 59.7 Å². The molecule has 1 heterocycles. The molecule has 1 aliphatic heterocycles. The molecule has 186 valence electrons. The van der Waals surface area contributed by atoms with E-state index in [1.807, 2.05) is 108 Å². The van der Waals surface area contributed by atoms with Gasteiger partial charge in [-0.05, 0) is 76.4 Å². The van der Waals surface area contributed by atoms with Crippen LogP contribution in [0.2, 0.25) is 0 Å². The number of aliphatic hydroxyl groups is 1. The average molecular weight is 484 g/mol. The number of carbonyl (C=O) groups is 2. The maximum atomic E-state index is 13.4. The van der Waals surface area contributed by atoms with Gasteiger partial charge in [-0.15, -0.1) is 0 Å². The normalized spacial score (nSPS) is 17.5. The Kier molecular flexibility index (Phi) is 6.77. The van der Waals surface area contributed by atoms with E-state index in [0.717, 1.165) is 33.6 Å². The molecule has 1 amide bonds. The molecule has 5 nitrogen and oxygen atoms in total. The zero-order valence-corrected chi connectivity index (χ0v) is 21.8. The number of ether oxygens (including phenoxy) is 1. The highest BCUT2D eigenvalue weighted by atomic mass is 16.5. The van der Waals surface area contributed by atoms with Gasteiger partial charge in [0.05, 0.1) is 11.6 Å². The summed E-state index contributed by atoms with van der Waals surface area (Å²) in [5.74, 6) is -0.702. The van der Waals surface area contributed by atoms with Crippen LogP contribution in [-0.2, 0) is 16.1 Å². The number of Topliss-reactive ketones (excluding diaryl/α,β-unsaturated/α-hetero) is 1. The Balaban J connectivity index is 1.79. The standard InChI is InChI=1S/C31H33NO4/c1-19-8-7-9-23(16-19)27-26(28(33)25-17-20(2)10-11-21(25)3)29(34)30(35)32(27)18-22-12-14-24(15-13-22)36-31(4,5)6/h7-17,27,33H,18H2,1-6H3/b28-26+. The molecular weight excluding hydrogens is 450 g/mol. The number of hydrogen-bond acceptors (Lipinski definition) is 4. The van der Waals surface area contributed by atoms with Gasteiger partial charge in [0, 0.05) is 12.1 Å². The average Bonchev–Trinajstić information content (AvgIpc) is 3.05. The molecule has 3 aromatic carbocycles. The van der Waals surface area contributed by atoms with Crippen LogP contribution in [0.25, 0.3) is 5.76 Å². The number of aliphatic hydroxyl groups excluding tert-OH is 1. The summed E-state index contributed by atoms with van der Waals surface area (Å²) in [7, 11) is 0. The number of carbonyl (C=O) groups excluding carboxylic acids is 2. The SMILES string of the molecule is Cc1cccc(C2/C(=C(\O)c3cc(C)ccc3C)C(=O)C(=O)N2Cc2ccc(OC(C)(C)C)cc2)c1. The van der Waals surface area contributed by atoms with Gasteiger partial charge in [-0.2, -0.15) is 0 Å². The minimum absolute atomic E-state index is 0.118. The van der Waals surface area contributed by atoms with Gasteiger partial charge in [0.2, 0.25) is 0 Å². The molecule has 36 heavy (non-hydrogen) atoms. The Morgan fingerprint density at radius 3 is 2.22 bits per heavy atom. The monoisotopic (exact) mass is 483 g/mol. The van der Waals surface area contributed by atoms with Crippen molar-refractivity contribution in [3.8, 4) is 5.75 Å². The van der Waals surface area contributed by atoms with Crippen molar-refractivity contribution in [2.24, 2.45) is 0 Å². The lowest BCUT2D eigenvalue weighted by atomic mass is 9.92. The number of hydrogen-bond donors (Lipinski definition) is 1. The molecule has 5 heteroatoms. The molecule has 0 bridgehead atoms. The van der Waals surface area contributed by atoms with E-state index < -0.39 is 17.7 Å². The summed E-state index contributed by atoms with van der Waals surface area (Å²) >= 11 is 0. The second-order valence-corrected chi connectivity index (χ2v) is 10.5. The molecule has 0 spiro atoms. The lowest BCUT2D eigenvalue weighted by Gasteiger charge is -2.26.